The van der Waals surface area contributed by atoms with Gasteiger partial charge in [-0.25, -0.2) is 9.50 Å². The highest BCUT2D eigenvalue weighted by molar-refractivity contribution is 6.01. The van der Waals surface area contributed by atoms with Crippen molar-refractivity contribution in [1.29, 1.82) is 0 Å². The molecule has 4 heterocycles. The Labute approximate surface area is 206 Å². The fourth-order valence-corrected chi connectivity index (χ4v) is 4.51. The minimum absolute atomic E-state index is 0.0107. The van der Waals surface area contributed by atoms with Gasteiger partial charge in [0.1, 0.15) is 11.7 Å². The Bertz CT molecular complexity index is 1500. The van der Waals surface area contributed by atoms with Crippen molar-refractivity contribution in [1.82, 2.24) is 24.5 Å². The average Bonchev–Trinajstić information content (AvgIpc) is 3.30. The number of hydrogen-bond donors (Lipinski definition) is 2. The van der Waals surface area contributed by atoms with Crippen LogP contribution in [0, 0.1) is 0 Å². The molecular formula is C26H26N6O4. The molecule has 5 rings (SSSR count). The van der Waals surface area contributed by atoms with E-state index in [1.54, 1.807) is 48.4 Å². The number of carbonyl (C=O) groups excluding carboxylic acids is 2. The molecule has 2 amide bonds. The van der Waals surface area contributed by atoms with Crippen molar-refractivity contribution < 1.29 is 14.3 Å². The number of fused-ring (bicyclic) bond motifs is 1. The van der Waals surface area contributed by atoms with E-state index in [-0.39, 0.29) is 35.1 Å². The number of nitrogens with two attached hydrogens (primary N) is 1. The van der Waals surface area contributed by atoms with E-state index in [4.69, 9.17) is 10.5 Å². The molecule has 10 nitrogen and oxygen atoms in total. The molecule has 0 spiro atoms. The lowest BCUT2D eigenvalue weighted by molar-refractivity contribution is 0.0882. The van der Waals surface area contributed by atoms with Crippen LogP contribution >= 0.6 is 0 Å². The number of nitrogens with zero attached hydrogens (tertiary/aromatic N) is 4. The maximum Gasteiger partial charge on any atom is 0.255 e. The summed E-state index contributed by atoms with van der Waals surface area (Å²) in [5.74, 6) is -0.500. The average molecular weight is 487 g/mol. The lowest BCUT2D eigenvalue weighted by Crippen LogP contribution is -2.39. The Morgan fingerprint density at radius 3 is 2.53 bits per heavy atom. The van der Waals surface area contributed by atoms with Gasteiger partial charge in [0, 0.05) is 43.3 Å². The summed E-state index contributed by atoms with van der Waals surface area (Å²) in [4.78, 5) is 40.4. The van der Waals surface area contributed by atoms with Crippen LogP contribution in [0.5, 0.6) is 5.88 Å². The molecule has 1 fully saturated rings. The highest BCUT2D eigenvalue weighted by Gasteiger charge is 2.26. The second kappa shape index (κ2) is 9.65. The van der Waals surface area contributed by atoms with E-state index in [9.17, 15) is 14.4 Å². The maximum atomic E-state index is 13.0. The van der Waals surface area contributed by atoms with Gasteiger partial charge in [-0.3, -0.25) is 14.4 Å². The summed E-state index contributed by atoms with van der Waals surface area (Å²) in [7, 11) is 1.71. The number of rotatable bonds is 6. The van der Waals surface area contributed by atoms with Gasteiger partial charge < -0.3 is 20.4 Å². The Morgan fingerprint density at radius 1 is 1.03 bits per heavy atom. The van der Waals surface area contributed by atoms with Gasteiger partial charge in [-0.2, -0.15) is 5.10 Å². The van der Waals surface area contributed by atoms with Crippen molar-refractivity contribution >= 4 is 17.3 Å². The third-order valence-electron chi connectivity index (χ3n) is 6.50. The molecule has 0 aromatic carbocycles. The van der Waals surface area contributed by atoms with Crippen LogP contribution in [-0.2, 0) is 7.05 Å². The summed E-state index contributed by atoms with van der Waals surface area (Å²) in [6.07, 6.45) is 9.56. The number of hydrogen-bond acceptors (Lipinski definition) is 6. The smallest absolute Gasteiger partial charge is 0.255 e. The van der Waals surface area contributed by atoms with Gasteiger partial charge in [0.2, 0.25) is 11.4 Å². The second-order valence-electron chi connectivity index (χ2n) is 8.96. The molecule has 0 radical (unpaired) electrons. The van der Waals surface area contributed by atoms with Crippen molar-refractivity contribution in [3.8, 4) is 17.0 Å². The van der Waals surface area contributed by atoms with Gasteiger partial charge in [-0.15, -0.1) is 0 Å². The molecule has 1 aliphatic carbocycles. The summed E-state index contributed by atoms with van der Waals surface area (Å²) in [5.41, 5.74) is 8.56. The zero-order valence-corrected chi connectivity index (χ0v) is 19.8. The van der Waals surface area contributed by atoms with Crippen molar-refractivity contribution in [3.05, 3.63) is 82.7 Å². The van der Waals surface area contributed by atoms with E-state index >= 15 is 0 Å². The molecule has 0 unspecified atom stereocenters. The molecule has 0 aliphatic heterocycles. The van der Waals surface area contributed by atoms with Crippen LogP contribution in [0.15, 0.2) is 66.0 Å². The SMILES string of the molecule is Cn1cc(-c2ccc3c(C(=O)NC4CCC(Oc5ncccc5C(N)=O)CC4)cnn3c2)ccc1=O. The van der Waals surface area contributed by atoms with E-state index in [2.05, 4.69) is 15.4 Å². The van der Waals surface area contributed by atoms with Crippen molar-refractivity contribution in [2.45, 2.75) is 37.8 Å². The zero-order chi connectivity index (χ0) is 25.2. The van der Waals surface area contributed by atoms with E-state index in [1.807, 2.05) is 18.3 Å². The lowest BCUT2D eigenvalue weighted by atomic mass is 9.92. The maximum absolute atomic E-state index is 13.0. The molecule has 0 saturated heterocycles. The van der Waals surface area contributed by atoms with Gasteiger partial charge in [-0.1, -0.05) is 6.07 Å². The number of carbonyl (C=O) groups is 2. The van der Waals surface area contributed by atoms with Crippen LogP contribution in [-0.4, -0.2) is 43.1 Å². The number of ether oxygens (including phenoxy) is 1. The molecule has 4 aromatic rings. The Kier molecular flexibility index (Phi) is 6.24. The number of pyridine rings is 3. The highest BCUT2D eigenvalue weighted by Crippen LogP contribution is 2.26. The largest absolute Gasteiger partial charge is 0.474 e. The predicted molar refractivity (Wildman–Crippen MR) is 133 cm³/mol. The molecule has 184 valence electrons. The first-order valence-corrected chi connectivity index (χ1v) is 11.8. The van der Waals surface area contributed by atoms with Gasteiger partial charge >= 0.3 is 0 Å². The molecule has 4 aromatic heterocycles. The quantitative estimate of drug-likeness (QED) is 0.430. The minimum Gasteiger partial charge on any atom is -0.474 e. The first kappa shape index (κ1) is 23.3. The number of aryl methyl sites for hydroxylation is 1. The molecule has 3 N–H and O–H groups in total. The Hall–Kier alpha value is -4.47. The summed E-state index contributed by atoms with van der Waals surface area (Å²) >= 11 is 0. The van der Waals surface area contributed by atoms with E-state index in [1.165, 1.54) is 10.6 Å². The van der Waals surface area contributed by atoms with E-state index in [0.29, 0.717) is 11.1 Å². The van der Waals surface area contributed by atoms with E-state index in [0.717, 1.165) is 36.8 Å². The van der Waals surface area contributed by atoms with Crippen LogP contribution < -0.4 is 21.3 Å². The highest BCUT2D eigenvalue weighted by atomic mass is 16.5. The zero-order valence-electron chi connectivity index (χ0n) is 19.8. The molecular weight excluding hydrogens is 460 g/mol. The van der Waals surface area contributed by atoms with Gasteiger partial charge in [0.05, 0.1) is 17.3 Å². The van der Waals surface area contributed by atoms with Crippen LogP contribution in [0.4, 0.5) is 0 Å². The van der Waals surface area contributed by atoms with Gasteiger partial charge in [-0.05, 0) is 55.5 Å². The Morgan fingerprint density at radius 2 is 1.78 bits per heavy atom. The molecule has 0 atom stereocenters. The minimum atomic E-state index is -0.575. The lowest BCUT2D eigenvalue weighted by Gasteiger charge is -2.29. The van der Waals surface area contributed by atoms with Gasteiger partial charge in [0.25, 0.3) is 11.8 Å². The number of nitrogens with one attached hydrogen (secondary N) is 1. The number of amides is 2. The standard InChI is InChI=1S/C26H26N6O4/c1-31-14-16(5-11-23(31)33)17-4-10-22-21(13-29-32(22)15-17)25(35)30-18-6-8-19(9-7-18)36-26-20(24(27)34)3-2-12-28-26/h2-5,10-15,18-19H,6-9H2,1H3,(H2,27,34)(H,30,35). The first-order valence-electron chi connectivity index (χ1n) is 11.8. The summed E-state index contributed by atoms with van der Waals surface area (Å²) in [6.45, 7) is 0. The van der Waals surface area contributed by atoms with Gasteiger partial charge in [0.15, 0.2) is 0 Å². The monoisotopic (exact) mass is 486 g/mol. The molecule has 36 heavy (non-hydrogen) atoms. The van der Waals surface area contributed by atoms with Crippen LogP contribution in [0.2, 0.25) is 0 Å². The number of aromatic nitrogens is 4. The fraction of sp³-hybridized carbons (Fsp3) is 0.269. The summed E-state index contributed by atoms with van der Waals surface area (Å²) in [5, 5.41) is 7.47. The Balaban J connectivity index is 1.22. The second-order valence-corrected chi connectivity index (χ2v) is 8.96. The van der Waals surface area contributed by atoms with Crippen molar-refractivity contribution in [3.63, 3.8) is 0 Å². The van der Waals surface area contributed by atoms with Crippen LogP contribution in [0.3, 0.4) is 0 Å². The normalized spacial score (nSPS) is 17.6. The van der Waals surface area contributed by atoms with Crippen molar-refractivity contribution in [2.75, 3.05) is 0 Å². The first-order chi connectivity index (χ1) is 17.4. The molecule has 1 aliphatic rings. The number of primary amides is 1. The van der Waals surface area contributed by atoms with E-state index < -0.39 is 5.91 Å². The van der Waals surface area contributed by atoms with Crippen molar-refractivity contribution in [2.24, 2.45) is 12.8 Å². The fourth-order valence-electron chi connectivity index (χ4n) is 4.51. The molecule has 10 heteroatoms. The molecule has 1 saturated carbocycles. The predicted octanol–water partition coefficient (Wildman–Crippen LogP) is 2.31. The molecule has 0 bridgehead atoms. The third kappa shape index (κ3) is 4.70. The van der Waals surface area contributed by atoms with Crippen LogP contribution in [0.25, 0.3) is 16.6 Å². The summed E-state index contributed by atoms with van der Waals surface area (Å²) in [6, 6.07) is 10.3. The topological polar surface area (TPSA) is 134 Å². The van der Waals surface area contributed by atoms with Crippen LogP contribution in [0.1, 0.15) is 46.4 Å². The third-order valence-corrected chi connectivity index (χ3v) is 6.50. The summed E-state index contributed by atoms with van der Waals surface area (Å²) < 4.78 is 9.13.